The molecule has 0 aliphatic heterocycles. The van der Waals surface area contributed by atoms with Gasteiger partial charge >= 0.3 is 0 Å². The number of nitrogens with zero attached hydrogens (tertiary/aromatic N) is 2. The van der Waals surface area contributed by atoms with Gasteiger partial charge < -0.3 is 11.1 Å². The highest BCUT2D eigenvalue weighted by molar-refractivity contribution is 5.56. The summed E-state index contributed by atoms with van der Waals surface area (Å²) in [6.07, 6.45) is 6.94. The minimum Gasteiger partial charge on any atom is -0.383 e. The van der Waals surface area contributed by atoms with Gasteiger partial charge in [0, 0.05) is 12.1 Å². The number of anilines is 2. The van der Waals surface area contributed by atoms with Crippen LogP contribution in [0.15, 0.2) is 6.33 Å². The Morgan fingerprint density at radius 2 is 2.16 bits per heavy atom. The monoisotopic (exact) mass is 262 g/mol. The molecule has 1 fully saturated rings. The Morgan fingerprint density at radius 3 is 2.84 bits per heavy atom. The lowest BCUT2D eigenvalue weighted by Crippen LogP contribution is -2.22. The molecule has 4 nitrogen and oxygen atoms in total. The van der Waals surface area contributed by atoms with E-state index in [9.17, 15) is 0 Å². The van der Waals surface area contributed by atoms with Crippen LogP contribution in [0.5, 0.6) is 0 Å². The Hall–Kier alpha value is -1.32. The Kier molecular flexibility index (Phi) is 4.61. The molecule has 4 heteroatoms. The van der Waals surface area contributed by atoms with E-state index in [1.165, 1.54) is 25.7 Å². The molecule has 3 N–H and O–H groups in total. The lowest BCUT2D eigenvalue weighted by atomic mass is 9.82. The zero-order valence-electron chi connectivity index (χ0n) is 12.3. The van der Waals surface area contributed by atoms with E-state index < -0.39 is 0 Å². The molecule has 1 aromatic heterocycles. The molecule has 106 valence electrons. The highest BCUT2D eigenvalue weighted by Crippen LogP contribution is 2.30. The van der Waals surface area contributed by atoms with Crippen LogP contribution in [0.25, 0.3) is 0 Å². The largest absolute Gasteiger partial charge is 0.383 e. The van der Waals surface area contributed by atoms with E-state index in [-0.39, 0.29) is 0 Å². The average Bonchev–Trinajstić information content (AvgIpc) is 2.36. The number of rotatable bonds is 4. The highest BCUT2D eigenvalue weighted by atomic mass is 15.0. The smallest absolute Gasteiger partial charge is 0.134 e. The zero-order valence-corrected chi connectivity index (χ0v) is 12.3. The summed E-state index contributed by atoms with van der Waals surface area (Å²) in [5.74, 6) is 3.49. The van der Waals surface area contributed by atoms with Gasteiger partial charge in [-0.2, -0.15) is 0 Å². The average molecular weight is 262 g/mol. The first-order valence-electron chi connectivity index (χ1n) is 7.42. The Morgan fingerprint density at radius 1 is 1.37 bits per heavy atom. The number of hydrogen-bond acceptors (Lipinski definition) is 4. The Bertz CT molecular complexity index is 417. The Labute approximate surface area is 116 Å². The molecule has 1 aromatic rings. The minimum atomic E-state index is 0.342. The van der Waals surface area contributed by atoms with Crippen LogP contribution in [-0.4, -0.2) is 16.5 Å². The van der Waals surface area contributed by atoms with Crippen molar-refractivity contribution in [3.05, 3.63) is 11.9 Å². The predicted octanol–water partition coefficient (Wildman–Crippen LogP) is 3.42. The SMILES string of the molecule is CC1CCCC(CNc2ncnc(N)c2C(C)C)C1. The van der Waals surface area contributed by atoms with Crippen LogP contribution >= 0.6 is 0 Å². The van der Waals surface area contributed by atoms with Crippen molar-refractivity contribution in [3.63, 3.8) is 0 Å². The fraction of sp³-hybridized carbons (Fsp3) is 0.733. The lowest BCUT2D eigenvalue weighted by molar-refractivity contribution is 0.293. The van der Waals surface area contributed by atoms with Gasteiger partial charge in [0.05, 0.1) is 0 Å². The van der Waals surface area contributed by atoms with Gasteiger partial charge in [-0.15, -0.1) is 0 Å². The fourth-order valence-corrected chi connectivity index (χ4v) is 3.11. The van der Waals surface area contributed by atoms with Crippen LogP contribution < -0.4 is 11.1 Å². The maximum Gasteiger partial charge on any atom is 0.134 e. The van der Waals surface area contributed by atoms with Gasteiger partial charge in [-0.05, 0) is 30.6 Å². The van der Waals surface area contributed by atoms with Crippen molar-refractivity contribution in [2.24, 2.45) is 11.8 Å². The minimum absolute atomic E-state index is 0.342. The van der Waals surface area contributed by atoms with Crippen LogP contribution in [0.1, 0.15) is 57.9 Å². The summed E-state index contributed by atoms with van der Waals surface area (Å²) in [4.78, 5) is 8.46. The predicted molar refractivity (Wildman–Crippen MR) is 80.1 cm³/mol. The van der Waals surface area contributed by atoms with Gasteiger partial charge in [-0.25, -0.2) is 9.97 Å². The lowest BCUT2D eigenvalue weighted by Gasteiger charge is -2.27. The second kappa shape index (κ2) is 6.22. The summed E-state index contributed by atoms with van der Waals surface area (Å²) in [7, 11) is 0. The molecule has 0 bridgehead atoms. The molecule has 2 rings (SSSR count). The van der Waals surface area contributed by atoms with Crippen LogP contribution in [0.3, 0.4) is 0 Å². The number of nitrogen functional groups attached to an aromatic ring is 1. The van der Waals surface area contributed by atoms with Crippen molar-refractivity contribution in [1.82, 2.24) is 9.97 Å². The molecule has 0 radical (unpaired) electrons. The van der Waals surface area contributed by atoms with Gasteiger partial charge in [0.2, 0.25) is 0 Å². The van der Waals surface area contributed by atoms with Crippen molar-refractivity contribution < 1.29 is 0 Å². The molecule has 1 heterocycles. The van der Waals surface area contributed by atoms with Gasteiger partial charge in [0.15, 0.2) is 0 Å². The van der Waals surface area contributed by atoms with E-state index in [0.717, 1.165) is 29.8 Å². The number of nitrogens with two attached hydrogens (primary N) is 1. The topological polar surface area (TPSA) is 63.8 Å². The van der Waals surface area contributed by atoms with E-state index >= 15 is 0 Å². The van der Waals surface area contributed by atoms with E-state index in [4.69, 9.17) is 5.73 Å². The number of hydrogen-bond donors (Lipinski definition) is 2. The summed E-state index contributed by atoms with van der Waals surface area (Å²) in [6.45, 7) is 7.61. The van der Waals surface area contributed by atoms with Crippen LogP contribution in [-0.2, 0) is 0 Å². The molecule has 2 unspecified atom stereocenters. The summed E-state index contributed by atoms with van der Waals surface area (Å²) in [5.41, 5.74) is 7.01. The van der Waals surface area contributed by atoms with Crippen LogP contribution in [0.4, 0.5) is 11.6 Å². The summed E-state index contributed by atoms with van der Waals surface area (Å²) in [6, 6.07) is 0. The maximum absolute atomic E-state index is 5.96. The third-order valence-corrected chi connectivity index (χ3v) is 4.10. The van der Waals surface area contributed by atoms with Crippen molar-refractivity contribution >= 4 is 11.6 Å². The van der Waals surface area contributed by atoms with Crippen molar-refractivity contribution in [2.45, 2.75) is 52.4 Å². The maximum atomic E-state index is 5.96. The Balaban J connectivity index is 2.01. The van der Waals surface area contributed by atoms with Crippen molar-refractivity contribution in [1.29, 1.82) is 0 Å². The quantitative estimate of drug-likeness (QED) is 0.872. The van der Waals surface area contributed by atoms with Gasteiger partial charge in [0.25, 0.3) is 0 Å². The first-order valence-corrected chi connectivity index (χ1v) is 7.42. The van der Waals surface area contributed by atoms with E-state index in [0.29, 0.717) is 11.7 Å². The summed E-state index contributed by atoms with van der Waals surface area (Å²) in [5, 5.41) is 3.49. The summed E-state index contributed by atoms with van der Waals surface area (Å²) >= 11 is 0. The fourth-order valence-electron chi connectivity index (χ4n) is 3.11. The normalized spacial score (nSPS) is 23.6. The molecule has 1 aliphatic rings. The first-order chi connectivity index (χ1) is 9.08. The van der Waals surface area contributed by atoms with Gasteiger partial charge in [-0.3, -0.25) is 0 Å². The van der Waals surface area contributed by atoms with E-state index in [1.807, 2.05) is 0 Å². The molecule has 0 aromatic carbocycles. The third-order valence-electron chi connectivity index (χ3n) is 4.10. The number of aromatic nitrogens is 2. The molecule has 1 aliphatic carbocycles. The third kappa shape index (κ3) is 3.58. The number of nitrogens with one attached hydrogen (secondary N) is 1. The van der Waals surface area contributed by atoms with Crippen molar-refractivity contribution in [3.8, 4) is 0 Å². The van der Waals surface area contributed by atoms with Crippen molar-refractivity contribution in [2.75, 3.05) is 17.6 Å². The summed E-state index contributed by atoms with van der Waals surface area (Å²) < 4.78 is 0. The molecule has 1 saturated carbocycles. The van der Waals surface area contributed by atoms with Gasteiger partial charge in [-0.1, -0.05) is 33.6 Å². The molecule has 0 amide bonds. The molecule has 2 atom stereocenters. The van der Waals surface area contributed by atoms with E-state index in [2.05, 4.69) is 36.1 Å². The molecule has 0 spiro atoms. The van der Waals surface area contributed by atoms with Crippen LogP contribution in [0, 0.1) is 11.8 Å². The van der Waals surface area contributed by atoms with E-state index in [1.54, 1.807) is 6.33 Å². The molecule has 19 heavy (non-hydrogen) atoms. The molecular weight excluding hydrogens is 236 g/mol. The zero-order chi connectivity index (χ0) is 13.8. The molecule has 0 saturated heterocycles. The standard InChI is InChI=1S/C15H26N4/c1-10(2)13-14(16)18-9-19-15(13)17-8-12-6-4-5-11(3)7-12/h9-12H,4-8H2,1-3H3,(H3,16,17,18,19). The van der Waals surface area contributed by atoms with Gasteiger partial charge in [0.1, 0.15) is 18.0 Å². The van der Waals surface area contributed by atoms with Crippen LogP contribution in [0.2, 0.25) is 0 Å². The highest BCUT2D eigenvalue weighted by Gasteiger charge is 2.20. The first kappa shape index (κ1) is 14.1. The molecular formula is C15H26N4. The second-order valence-corrected chi connectivity index (χ2v) is 6.19. The second-order valence-electron chi connectivity index (χ2n) is 6.19.